The zero-order valence-electron chi connectivity index (χ0n) is 8.89. The maximum absolute atomic E-state index is 13.1. The maximum Gasteiger partial charge on any atom is 0.310 e. The van der Waals surface area contributed by atoms with Crippen molar-refractivity contribution in [1.82, 2.24) is 4.98 Å². The summed E-state index contributed by atoms with van der Waals surface area (Å²) in [7, 11) is 0. The van der Waals surface area contributed by atoms with Crippen LogP contribution in [0.1, 0.15) is 18.4 Å². The molecule has 1 aliphatic carbocycles. The summed E-state index contributed by atoms with van der Waals surface area (Å²) in [6.07, 6.45) is 6.53. The van der Waals surface area contributed by atoms with E-state index in [1.165, 1.54) is 12.3 Å². The minimum atomic E-state index is -0.602. The van der Waals surface area contributed by atoms with Crippen LogP contribution >= 0.6 is 0 Å². The molecule has 2 N–H and O–H groups in total. The summed E-state index contributed by atoms with van der Waals surface area (Å²) in [6, 6.07) is 0. The number of hydrogen-bond acceptors (Lipinski definition) is 4. The second-order valence-electron chi connectivity index (χ2n) is 3.67. The molecule has 0 aliphatic heterocycles. The summed E-state index contributed by atoms with van der Waals surface area (Å²) in [5.41, 5.74) is 6.38. The van der Waals surface area contributed by atoms with Crippen molar-refractivity contribution in [3.8, 4) is 0 Å². The van der Waals surface area contributed by atoms with Gasteiger partial charge in [-0.3, -0.25) is 15.1 Å². The SMILES string of the molecule is Nc1c(C2=CCCC(F)=C2)cncc1[N+](=O)[O-]. The Bertz CT molecular complexity index is 538. The van der Waals surface area contributed by atoms with E-state index in [0.717, 1.165) is 6.20 Å². The number of aromatic nitrogens is 1. The molecule has 0 saturated carbocycles. The van der Waals surface area contributed by atoms with E-state index in [4.69, 9.17) is 5.73 Å². The summed E-state index contributed by atoms with van der Waals surface area (Å²) in [4.78, 5) is 13.8. The summed E-state index contributed by atoms with van der Waals surface area (Å²) >= 11 is 0. The van der Waals surface area contributed by atoms with Crippen molar-refractivity contribution in [2.75, 3.05) is 5.73 Å². The lowest BCUT2D eigenvalue weighted by Crippen LogP contribution is -2.01. The molecule has 0 amide bonds. The molecule has 0 saturated heterocycles. The van der Waals surface area contributed by atoms with Crippen LogP contribution in [0.2, 0.25) is 0 Å². The normalized spacial score (nSPS) is 15.1. The zero-order chi connectivity index (χ0) is 12.4. The van der Waals surface area contributed by atoms with E-state index in [9.17, 15) is 14.5 Å². The Morgan fingerprint density at radius 2 is 2.24 bits per heavy atom. The maximum atomic E-state index is 13.1. The van der Waals surface area contributed by atoms with Gasteiger partial charge < -0.3 is 5.73 Å². The number of hydrogen-bond donors (Lipinski definition) is 1. The largest absolute Gasteiger partial charge is 0.393 e. The molecule has 0 unspecified atom stereocenters. The fourth-order valence-corrected chi connectivity index (χ4v) is 1.69. The van der Waals surface area contributed by atoms with Crippen molar-refractivity contribution in [2.24, 2.45) is 0 Å². The van der Waals surface area contributed by atoms with Gasteiger partial charge in [-0.2, -0.15) is 0 Å². The molecule has 1 aliphatic rings. The van der Waals surface area contributed by atoms with Crippen molar-refractivity contribution in [3.63, 3.8) is 0 Å². The fourth-order valence-electron chi connectivity index (χ4n) is 1.69. The van der Waals surface area contributed by atoms with Crippen molar-refractivity contribution in [3.05, 3.63) is 46.1 Å². The van der Waals surface area contributed by atoms with Gasteiger partial charge in [0.15, 0.2) is 0 Å². The average Bonchev–Trinajstić information content (AvgIpc) is 2.29. The first-order valence-corrected chi connectivity index (χ1v) is 5.04. The van der Waals surface area contributed by atoms with Gasteiger partial charge in [0.1, 0.15) is 17.7 Å². The van der Waals surface area contributed by atoms with Gasteiger partial charge in [-0.05, 0) is 18.1 Å². The number of pyridine rings is 1. The number of nitrogens with zero attached hydrogens (tertiary/aromatic N) is 2. The first-order valence-electron chi connectivity index (χ1n) is 5.04. The van der Waals surface area contributed by atoms with Crippen LogP contribution in [0.5, 0.6) is 0 Å². The molecular formula is C11H10FN3O2. The first kappa shape index (κ1) is 11.3. The number of nitro groups is 1. The molecule has 0 radical (unpaired) electrons. The molecule has 17 heavy (non-hydrogen) atoms. The third kappa shape index (κ3) is 2.15. The molecule has 0 fully saturated rings. The van der Waals surface area contributed by atoms with Gasteiger partial charge in [-0.1, -0.05) is 6.08 Å². The Hall–Kier alpha value is -2.24. The number of anilines is 1. The molecule has 0 atom stereocenters. The lowest BCUT2D eigenvalue weighted by molar-refractivity contribution is -0.384. The quantitative estimate of drug-likeness (QED) is 0.630. The van der Waals surface area contributed by atoms with Crippen LogP contribution in [0.25, 0.3) is 5.57 Å². The van der Waals surface area contributed by atoms with Gasteiger partial charge in [0.25, 0.3) is 0 Å². The van der Waals surface area contributed by atoms with Gasteiger partial charge in [0.2, 0.25) is 0 Å². The van der Waals surface area contributed by atoms with Crippen LogP contribution in [-0.2, 0) is 0 Å². The topological polar surface area (TPSA) is 82.0 Å². The van der Waals surface area contributed by atoms with Gasteiger partial charge in [-0.25, -0.2) is 4.39 Å². The Balaban J connectivity index is 2.50. The van der Waals surface area contributed by atoms with Crippen LogP contribution in [-0.4, -0.2) is 9.91 Å². The van der Waals surface area contributed by atoms with Crippen LogP contribution in [0.4, 0.5) is 15.8 Å². The predicted molar refractivity (Wildman–Crippen MR) is 61.7 cm³/mol. The third-order valence-electron chi connectivity index (χ3n) is 2.53. The van der Waals surface area contributed by atoms with Crippen molar-refractivity contribution < 1.29 is 9.31 Å². The van der Waals surface area contributed by atoms with Crippen molar-refractivity contribution in [1.29, 1.82) is 0 Å². The number of nitrogens with two attached hydrogens (primary N) is 1. The first-order chi connectivity index (χ1) is 8.09. The van der Waals surface area contributed by atoms with Gasteiger partial charge in [0.05, 0.1) is 4.92 Å². The standard InChI is InChI=1S/C11H10FN3O2/c12-8-3-1-2-7(4-8)9-5-14-6-10(11(9)13)15(16)17/h2,4-6H,1,3H2,(H2,13,14). The predicted octanol–water partition coefficient (Wildman–Crippen LogP) is 2.60. The molecule has 1 heterocycles. The highest BCUT2D eigenvalue weighted by Crippen LogP contribution is 2.32. The molecule has 5 nitrogen and oxygen atoms in total. The highest BCUT2D eigenvalue weighted by Gasteiger charge is 2.18. The lowest BCUT2D eigenvalue weighted by atomic mass is 9.99. The zero-order valence-corrected chi connectivity index (χ0v) is 8.89. The van der Waals surface area contributed by atoms with Crippen LogP contribution in [0, 0.1) is 10.1 Å². The van der Waals surface area contributed by atoms with Gasteiger partial charge >= 0.3 is 5.69 Å². The van der Waals surface area contributed by atoms with Gasteiger partial charge in [0, 0.05) is 18.2 Å². The van der Waals surface area contributed by atoms with E-state index in [-0.39, 0.29) is 17.2 Å². The lowest BCUT2D eigenvalue weighted by Gasteiger charge is -2.10. The summed E-state index contributed by atoms with van der Waals surface area (Å²) in [6.45, 7) is 0. The van der Waals surface area contributed by atoms with Crippen molar-refractivity contribution in [2.45, 2.75) is 12.8 Å². The number of allylic oxidation sites excluding steroid dienone is 4. The van der Waals surface area contributed by atoms with E-state index in [0.29, 0.717) is 24.0 Å². The molecule has 88 valence electrons. The van der Waals surface area contributed by atoms with Crippen LogP contribution in [0.3, 0.4) is 0 Å². The number of rotatable bonds is 2. The monoisotopic (exact) mass is 235 g/mol. The number of halogens is 1. The second kappa shape index (κ2) is 4.32. The third-order valence-corrected chi connectivity index (χ3v) is 2.53. The Morgan fingerprint density at radius 3 is 2.88 bits per heavy atom. The average molecular weight is 235 g/mol. The molecule has 6 heteroatoms. The van der Waals surface area contributed by atoms with Crippen molar-refractivity contribution >= 4 is 16.9 Å². The van der Waals surface area contributed by atoms with E-state index >= 15 is 0 Å². The van der Waals surface area contributed by atoms with E-state index < -0.39 is 4.92 Å². The fraction of sp³-hybridized carbons (Fsp3) is 0.182. The Labute approximate surface area is 96.6 Å². The molecule has 1 aromatic rings. The molecule has 1 aromatic heterocycles. The Kier molecular flexibility index (Phi) is 2.86. The minimum Gasteiger partial charge on any atom is -0.393 e. The molecule has 0 spiro atoms. The second-order valence-corrected chi connectivity index (χ2v) is 3.67. The van der Waals surface area contributed by atoms with E-state index in [2.05, 4.69) is 4.98 Å². The summed E-state index contributed by atoms with van der Waals surface area (Å²) < 4.78 is 13.1. The highest BCUT2D eigenvalue weighted by molar-refractivity contribution is 5.84. The highest BCUT2D eigenvalue weighted by atomic mass is 19.1. The summed E-state index contributed by atoms with van der Waals surface area (Å²) in [5.74, 6) is -0.256. The Morgan fingerprint density at radius 1 is 1.47 bits per heavy atom. The molecule has 2 rings (SSSR count). The van der Waals surface area contributed by atoms with Gasteiger partial charge in [-0.15, -0.1) is 0 Å². The molecular weight excluding hydrogens is 225 g/mol. The van der Waals surface area contributed by atoms with Crippen LogP contribution < -0.4 is 5.73 Å². The van der Waals surface area contributed by atoms with Crippen LogP contribution in [0.15, 0.2) is 30.4 Å². The van der Waals surface area contributed by atoms with E-state index in [1.54, 1.807) is 6.08 Å². The minimum absolute atomic E-state index is 0.0159. The molecule has 0 aromatic carbocycles. The summed E-state index contributed by atoms with van der Waals surface area (Å²) in [5, 5.41) is 10.7. The molecule has 0 bridgehead atoms. The number of nitrogen functional groups attached to an aromatic ring is 1. The van der Waals surface area contributed by atoms with E-state index in [1.807, 2.05) is 0 Å². The smallest absolute Gasteiger partial charge is 0.310 e.